The number of hydrogen-bond acceptors (Lipinski definition) is 7. The highest BCUT2D eigenvalue weighted by Crippen LogP contribution is 2.20. The zero-order chi connectivity index (χ0) is 34.3. The third-order valence-corrected chi connectivity index (χ3v) is 7.17. The number of aliphatic carboxylic acids is 3. The van der Waals surface area contributed by atoms with Gasteiger partial charge in [0.15, 0.2) is 0 Å². The molecule has 1 aromatic carbocycles. The first-order chi connectivity index (χ1) is 20.8. The predicted molar refractivity (Wildman–Crippen MR) is 148 cm³/mol. The van der Waals surface area contributed by atoms with Crippen LogP contribution in [0.5, 0.6) is 0 Å². The fourth-order valence-corrected chi connectivity index (χ4v) is 4.70. The monoisotopic (exact) mass is 671 g/mol. The standard InChI is InChI=1S/C23H29N3O4S.2C2HF3O2/c27-23(28)21(26-31(29,30)20-12-6-4-7-13-20)14-8-3-1-2-5-11-19-16-15-18-10-9-17-24-22(18)25-19;2*3-2(4,5)1(6)7/h3-4,6-8,12-13,15-16,21,26H,1-2,5,9-11,14,17H2,(H,24,25)(H,27,28);2*(H,6,7). The van der Waals surface area contributed by atoms with Gasteiger partial charge in [-0.1, -0.05) is 36.4 Å². The number of nitrogens with zero attached hydrogens (tertiary/aromatic N) is 1. The molecule has 0 spiro atoms. The van der Waals surface area contributed by atoms with Crippen molar-refractivity contribution in [2.24, 2.45) is 0 Å². The van der Waals surface area contributed by atoms with Gasteiger partial charge in [-0.3, -0.25) is 4.79 Å². The van der Waals surface area contributed by atoms with Crippen LogP contribution in [-0.2, 0) is 37.2 Å². The molecule has 1 aliphatic rings. The van der Waals surface area contributed by atoms with Crippen molar-refractivity contribution >= 4 is 33.7 Å². The van der Waals surface area contributed by atoms with Gasteiger partial charge < -0.3 is 20.6 Å². The highest BCUT2D eigenvalue weighted by molar-refractivity contribution is 7.89. The van der Waals surface area contributed by atoms with E-state index in [-0.39, 0.29) is 11.3 Å². The summed E-state index contributed by atoms with van der Waals surface area (Å²) in [7, 11) is -3.87. The fourth-order valence-electron chi connectivity index (χ4n) is 3.48. The molecule has 3 rings (SSSR count). The Morgan fingerprint density at radius 1 is 0.911 bits per heavy atom. The van der Waals surface area contributed by atoms with Crippen LogP contribution in [-0.4, -0.2) is 71.6 Å². The summed E-state index contributed by atoms with van der Waals surface area (Å²) in [5.74, 6) is -5.70. The van der Waals surface area contributed by atoms with Crippen LogP contribution in [0.25, 0.3) is 0 Å². The van der Waals surface area contributed by atoms with Crippen molar-refractivity contribution < 1.29 is 64.5 Å². The number of aryl methyl sites for hydroxylation is 2. The van der Waals surface area contributed by atoms with Gasteiger partial charge in [-0.05, 0) is 68.7 Å². The molecule has 1 aliphatic heterocycles. The molecule has 0 saturated carbocycles. The summed E-state index contributed by atoms with van der Waals surface area (Å²) in [6, 6.07) is 10.8. The lowest BCUT2D eigenvalue weighted by atomic mass is 10.1. The molecule has 1 aromatic heterocycles. The van der Waals surface area contributed by atoms with Crippen LogP contribution in [0.15, 0.2) is 59.5 Å². The van der Waals surface area contributed by atoms with Crippen LogP contribution in [0, 0.1) is 0 Å². The highest BCUT2D eigenvalue weighted by Gasteiger charge is 2.38. The molecule has 0 amide bonds. The summed E-state index contributed by atoms with van der Waals surface area (Å²) in [5, 5.41) is 27.0. The molecule has 0 saturated heterocycles. The number of aromatic nitrogens is 1. The third-order valence-electron chi connectivity index (χ3n) is 5.68. The number of benzene rings is 1. The van der Waals surface area contributed by atoms with Gasteiger partial charge in [0.1, 0.15) is 11.9 Å². The van der Waals surface area contributed by atoms with Gasteiger partial charge in [-0.2, -0.15) is 31.1 Å². The number of nitrogens with one attached hydrogen (secondary N) is 2. The maximum atomic E-state index is 12.3. The number of allylic oxidation sites excluding steroid dienone is 1. The molecular formula is C27H31F6N3O8S. The quantitative estimate of drug-likeness (QED) is 0.126. The number of rotatable bonds is 11. The lowest BCUT2D eigenvalue weighted by Crippen LogP contribution is -2.40. The Kier molecular flexibility index (Phi) is 15.5. The molecule has 5 N–H and O–H groups in total. The normalized spacial score (nSPS) is 13.6. The van der Waals surface area contributed by atoms with Gasteiger partial charge in [-0.15, -0.1) is 0 Å². The van der Waals surface area contributed by atoms with Crippen LogP contribution in [0.4, 0.5) is 32.2 Å². The number of fused-ring (bicyclic) bond motifs is 1. The SMILES string of the molecule is O=C(O)C(CC=CCCCCc1ccc2c(n1)NCCC2)NS(=O)(=O)c1ccccc1.O=C(O)C(F)(F)F.O=C(O)C(F)(F)F. The first-order valence-electron chi connectivity index (χ1n) is 13.1. The van der Waals surface area contributed by atoms with E-state index in [9.17, 15) is 44.7 Å². The van der Waals surface area contributed by atoms with Crippen LogP contribution in [0.3, 0.4) is 0 Å². The first-order valence-corrected chi connectivity index (χ1v) is 14.6. The molecule has 2 aromatic rings. The van der Waals surface area contributed by atoms with Gasteiger partial charge in [-0.25, -0.2) is 23.0 Å². The molecule has 1 atom stereocenters. The molecular weight excluding hydrogens is 640 g/mol. The number of sulfonamides is 1. The second kappa shape index (κ2) is 17.9. The Morgan fingerprint density at radius 3 is 2.02 bits per heavy atom. The molecule has 0 radical (unpaired) electrons. The van der Waals surface area contributed by atoms with E-state index >= 15 is 0 Å². The maximum absolute atomic E-state index is 12.3. The smallest absolute Gasteiger partial charge is 0.480 e. The van der Waals surface area contributed by atoms with Gasteiger partial charge in [0.05, 0.1) is 4.90 Å². The average Bonchev–Trinajstić information content (AvgIpc) is 2.96. The minimum Gasteiger partial charge on any atom is -0.480 e. The summed E-state index contributed by atoms with van der Waals surface area (Å²) < 4.78 is 90.4. The van der Waals surface area contributed by atoms with Gasteiger partial charge >= 0.3 is 30.3 Å². The van der Waals surface area contributed by atoms with E-state index in [4.69, 9.17) is 19.8 Å². The topological polar surface area (TPSA) is 183 Å². The largest absolute Gasteiger partial charge is 0.490 e. The van der Waals surface area contributed by atoms with E-state index in [2.05, 4.69) is 27.2 Å². The molecule has 0 aliphatic carbocycles. The van der Waals surface area contributed by atoms with Crippen LogP contribution >= 0.6 is 0 Å². The number of carboxylic acid groups (broad SMARTS) is 3. The molecule has 2 heterocycles. The average molecular weight is 672 g/mol. The summed E-state index contributed by atoms with van der Waals surface area (Å²) in [6.07, 6.45) is -0.550. The fraction of sp³-hybridized carbons (Fsp3) is 0.407. The number of alkyl halides is 6. The molecule has 0 bridgehead atoms. The van der Waals surface area contributed by atoms with Crippen molar-refractivity contribution in [2.75, 3.05) is 11.9 Å². The van der Waals surface area contributed by atoms with Crippen molar-refractivity contribution in [3.8, 4) is 0 Å². The summed E-state index contributed by atoms with van der Waals surface area (Å²) in [6.45, 7) is 0.979. The van der Waals surface area contributed by atoms with Crippen molar-refractivity contribution in [2.45, 2.75) is 68.2 Å². The number of halogens is 6. The Morgan fingerprint density at radius 2 is 1.49 bits per heavy atom. The Hall–Kier alpha value is -4.19. The van der Waals surface area contributed by atoms with E-state index in [1.807, 2.05) is 6.08 Å². The summed E-state index contributed by atoms with van der Waals surface area (Å²) in [4.78, 5) is 34.0. The minimum absolute atomic E-state index is 0.0521. The highest BCUT2D eigenvalue weighted by atomic mass is 32.2. The van der Waals surface area contributed by atoms with Gasteiger partial charge in [0, 0.05) is 12.2 Å². The van der Waals surface area contributed by atoms with Gasteiger partial charge in [0.2, 0.25) is 10.0 Å². The second-order valence-electron chi connectivity index (χ2n) is 9.22. The van der Waals surface area contributed by atoms with Crippen molar-refractivity contribution in [3.63, 3.8) is 0 Å². The molecule has 18 heteroatoms. The number of carbonyl (C=O) groups is 3. The van der Waals surface area contributed by atoms with Crippen LogP contribution in [0.2, 0.25) is 0 Å². The number of pyridine rings is 1. The minimum atomic E-state index is -5.08. The third kappa shape index (κ3) is 15.4. The lowest BCUT2D eigenvalue weighted by Gasteiger charge is -2.17. The Balaban J connectivity index is 0.000000601. The first kappa shape index (κ1) is 38.8. The Labute approximate surface area is 254 Å². The van der Waals surface area contributed by atoms with E-state index in [1.165, 1.54) is 17.7 Å². The summed E-state index contributed by atoms with van der Waals surface area (Å²) >= 11 is 0. The Bertz CT molecular complexity index is 1380. The van der Waals surface area contributed by atoms with E-state index < -0.39 is 46.3 Å². The lowest BCUT2D eigenvalue weighted by molar-refractivity contribution is -0.193. The van der Waals surface area contributed by atoms with E-state index in [0.717, 1.165) is 56.6 Å². The number of unbranched alkanes of at least 4 members (excludes halogenated alkanes) is 2. The molecule has 45 heavy (non-hydrogen) atoms. The molecule has 250 valence electrons. The van der Waals surface area contributed by atoms with Crippen LogP contribution in [0.1, 0.15) is 43.4 Å². The van der Waals surface area contributed by atoms with Crippen molar-refractivity contribution in [3.05, 3.63) is 65.9 Å². The van der Waals surface area contributed by atoms with Crippen LogP contribution < -0.4 is 10.0 Å². The zero-order valence-electron chi connectivity index (χ0n) is 23.4. The van der Waals surface area contributed by atoms with Crippen molar-refractivity contribution in [1.29, 1.82) is 0 Å². The summed E-state index contributed by atoms with van der Waals surface area (Å²) in [5.41, 5.74) is 2.37. The van der Waals surface area contributed by atoms with Gasteiger partial charge in [0.25, 0.3) is 0 Å². The molecule has 1 unspecified atom stereocenters. The number of hydrogen-bond donors (Lipinski definition) is 5. The number of carboxylic acids is 3. The van der Waals surface area contributed by atoms with E-state index in [1.54, 1.807) is 24.3 Å². The number of anilines is 1. The molecule has 0 fully saturated rings. The predicted octanol–water partition coefficient (Wildman–Crippen LogP) is 4.80. The van der Waals surface area contributed by atoms with E-state index in [0.29, 0.717) is 0 Å². The maximum Gasteiger partial charge on any atom is 0.490 e. The zero-order valence-corrected chi connectivity index (χ0v) is 24.3. The van der Waals surface area contributed by atoms with Crippen molar-refractivity contribution in [1.82, 2.24) is 9.71 Å². The second-order valence-corrected chi connectivity index (χ2v) is 10.9. The molecule has 11 nitrogen and oxygen atoms in total.